The van der Waals surface area contributed by atoms with Crippen molar-refractivity contribution in [3.05, 3.63) is 0 Å². The predicted molar refractivity (Wildman–Crippen MR) is 54.9 cm³/mol. The molecule has 0 radical (unpaired) electrons. The highest BCUT2D eigenvalue weighted by atomic mass is 16.5. The molecule has 0 saturated heterocycles. The maximum atomic E-state index is 9.49. The summed E-state index contributed by atoms with van der Waals surface area (Å²) in [6.07, 6.45) is 1.87. The summed E-state index contributed by atoms with van der Waals surface area (Å²) in [7, 11) is 3.79. The normalized spacial score (nSPS) is 12.5. The van der Waals surface area contributed by atoms with Crippen LogP contribution in [0.1, 0.15) is 26.7 Å². The SMILES string of the molecule is COCCCN(C)CCC(C)(C)O. The van der Waals surface area contributed by atoms with Gasteiger partial charge in [-0.1, -0.05) is 0 Å². The highest BCUT2D eigenvalue weighted by Gasteiger charge is 2.12. The van der Waals surface area contributed by atoms with Gasteiger partial charge in [-0.05, 0) is 33.7 Å². The zero-order chi connectivity index (χ0) is 10.3. The van der Waals surface area contributed by atoms with Crippen molar-refractivity contribution in [1.82, 2.24) is 4.90 Å². The van der Waals surface area contributed by atoms with E-state index < -0.39 is 5.60 Å². The molecule has 0 atom stereocenters. The van der Waals surface area contributed by atoms with Crippen LogP contribution < -0.4 is 0 Å². The summed E-state index contributed by atoms with van der Waals surface area (Å²) in [5.41, 5.74) is -0.546. The summed E-state index contributed by atoms with van der Waals surface area (Å²) < 4.78 is 4.96. The first-order valence-corrected chi connectivity index (χ1v) is 4.85. The van der Waals surface area contributed by atoms with E-state index in [1.807, 2.05) is 13.8 Å². The van der Waals surface area contributed by atoms with Crippen molar-refractivity contribution in [2.45, 2.75) is 32.3 Å². The van der Waals surface area contributed by atoms with Crippen molar-refractivity contribution in [2.75, 3.05) is 33.9 Å². The number of hydrogen-bond acceptors (Lipinski definition) is 3. The lowest BCUT2D eigenvalue weighted by Gasteiger charge is -2.22. The van der Waals surface area contributed by atoms with Gasteiger partial charge < -0.3 is 14.7 Å². The average Bonchev–Trinajstić information content (AvgIpc) is 2.00. The molecule has 0 aromatic carbocycles. The van der Waals surface area contributed by atoms with Crippen molar-refractivity contribution >= 4 is 0 Å². The first-order chi connectivity index (χ1) is 5.95. The van der Waals surface area contributed by atoms with E-state index in [2.05, 4.69) is 11.9 Å². The van der Waals surface area contributed by atoms with Gasteiger partial charge in [-0.3, -0.25) is 0 Å². The lowest BCUT2D eigenvalue weighted by atomic mass is 10.1. The Bertz CT molecular complexity index is 121. The second-order valence-corrected chi connectivity index (χ2v) is 4.21. The van der Waals surface area contributed by atoms with Crippen molar-refractivity contribution in [2.24, 2.45) is 0 Å². The standard InChI is InChI=1S/C10H23NO2/c1-10(2,12)6-8-11(3)7-5-9-13-4/h12H,5-9H2,1-4H3. The van der Waals surface area contributed by atoms with Crippen LogP contribution in [0.15, 0.2) is 0 Å². The number of hydrogen-bond donors (Lipinski definition) is 1. The lowest BCUT2D eigenvalue weighted by molar-refractivity contribution is 0.0597. The molecule has 3 nitrogen and oxygen atoms in total. The minimum Gasteiger partial charge on any atom is -0.390 e. The molecule has 0 aromatic heterocycles. The molecule has 0 aromatic rings. The number of nitrogens with zero attached hydrogens (tertiary/aromatic N) is 1. The molecule has 0 saturated carbocycles. The maximum absolute atomic E-state index is 9.49. The zero-order valence-electron chi connectivity index (χ0n) is 9.34. The van der Waals surface area contributed by atoms with Gasteiger partial charge >= 0.3 is 0 Å². The molecule has 0 amide bonds. The van der Waals surface area contributed by atoms with Crippen molar-refractivity contribution < 1.29 is 9.84 Å². The molecule has 0 aliphatic heterocycles. The quantitative estimate of drug-likeness (QED) is 0.609. The van der Waals surface area contributed by atoms with E-state index in [0.29, 0.717) is 0 Å². The fourth-order valence-corrected chi connectivity index (χ4v) is 1.06. The van der Waals surface area contributed by atoms with E-state index in [4.69, 9.17) is 4.74 Å². The third kappa shape index (κ3) is 9.80. The first-order valence-electron chi connectivity index (χ1n) is 4.85. The van der Waals surface area contributed by atoms with Crippen LogP contribution >= 0.6 is 0 Å². The van der Waals surface area contributed by atoms with Gasteiger partial charge in [0.2, 0.25) is 0 Å². The molecule has 1 N–H and O–H groups in total. The Labute approximate surface area is 81.7 Å². The van der Waals surface area contributed by atoms with Gasteiger partial charge in [-0.25, -0.2) is 0 Å². The van der Waals surface area contributed by atoms with Gasteiger partial charge in [0.15, 0.2) is 0 Å². The fraction of sp³-hybridized carbons (Fsp3) is 1.00. The van der Waals surface area contributed by atoms with E-state index in [1.165, 1.54) is 0 Å². The summed E-state index contributed by atoms with van der Waals surface area (Å²) in [5, 5.41) is 9.49. The molecule has 0 bridgehead atoms. The molecule has 0 rings (SSSR count). The molecule has 0 spiro atoms. The molecule has 0 unspecified atom stereocenters. The fourth-order valence-electron chi connectivity index (χ4n) is 1.06. The molecule has 13 heavy (non-hydrogen) atoms. The number of methoxy groups -OCH3 is 1. The van der Waals surface area contributed by atoms with E-state index >= 15 is 0 Å². The molecule has 80 valence electrons. The van der Waals surface area contributed by atoms with Crippen LogP contribution in [-0.2, 0) is 4.74 Å². The molecule has 3 heteroatoms. The van der Waals surface area contributed by atoms with Crippen LogP contribution in [0.2, 0.25) is 0 Å². The minimum atomic E-state index is -0.546. The molecule has 0 aliphatic carbocycles. The van der Waals surface area contributed by atoms with Crippen molar-refractivity contribution in [1.29, 1.82) is 0 Å². The molecule has 0 heterocycles. The Hall–Kier alpha value is -0.120. The van der Waals surface area contributed by atoms with Gasteiger partial charge in [0.25, 0.3) is 0 Å². The summed E-state index contributed by atoms with van der Waals surface area (Å²) in [6.45, 7) is 6.47. The average molecular weight is 189 g/mol. The van der Waals surface area contributed by atoms with Crippen LogP contribution in [0.4, 0.5) is 0 Å². The second kappa shape index (κ2) is 6.35. The smallest absolute Gasteiger partial charge is 0.0603 e. The number of ether oxygens (including phenoxy) is 1. The van der Waals surface area contributed by atoms with E-state index in [1.54, 1.807) is 7.11 Å². The van der Waals surface area contributed by atoms with Crippen LogP contribution in [-0.4, -0.2) is 49.5 Å². The molecular weight excluding hydrogens is 166 g/mol. The Kier molecular flexibility index (Phi) is 6.29. The lowest BCUT2D eigenvalue weighted by Crippen LogP contribution is -2.29. The summed E-state index contributed by atoms with van der Waals surface area (Å²) >= 11 is 0. The van der Waals surface area contributed by atoms with Crippen molar-refractivity contribution in [3.63, 3.8) is 0 Å². The minimum absolute atomic E-state index is 0.546. The molecule has 0 aliphatic rings. The Morgan fingerprint density at radius 3 is 2.38 bits per heavy atom. The van der Waals surface area contributed by atoms with Crippen LogP contribution in [0, 0.1) is 0 Å². The largest absolute Gasteiger partial charge is 0.390 e. The summed E-state index contributed by atoms with van der Waals surface area (Å²) in [6, 6.07) is 0. The summed E-state index contributed by atoms with van der Waals surface area (Å²) in [5.74, 6) is 0. The Morgan fingerprint density at radius 1 is 1.31 bits per heavy atom. The van der Waals surface area contributed by atoms with Crippen molar-refractivity contribution in [3.8, 4) is 0 Å². The van der Waals surface area contributed by atoms with Gasteiger partial charge in [-0.15, -0.1) is 0 Å². The maximum Gasteiger partial charge on any atom is 0.0603 e. The highest BCUT2D eigenvalue weighted by molar-refractivity contribution is 4.67. The van der Waals surface area contributed by atoms with Gasteiger partial charge in [0.05, 0.1) is 5.60 Å². The van der Waals surface area contributed by atoms with Crippen LogP contribution in [0.25, 0.3) is 0 Å². The van der Waals surface area contributed by atoms with Crippen LogP contribution in [0.5, 0.6) is 0 Å². The Balaban J connectivity index is 3.35. The number of rotatable bonds is 7. The predicted octanol–water partition coefficient (Wildman–Crippen LogP) is 1.12. The van der Waals surface area contributed by atoms with E-state index in [-0.39, 0.29) is 0 Å². The van der Waals surface area contributed by atoms with E-state index in [9.17, 15) is 5.11 Å². The summed E-state index contributed by atoms with van der Waals surface area (Å²) in [4.78, 5) is 2.22. The second-order valence-electron chi connectivity index (χ2n) is 4.21. The van der Waals surface area contributed by atoms with Crippen LogP contribution in [0.3, 0.4) is 0 Å². The topological polar surface area (TPSA) is 32.7 Å². The third-order valence-electron chi connectivity index (χ3n) is 1.99. The van der Waals surface area contributed by atoms with Gasteiger partial charge in [0.1, 0.15) is 0 Å². The van der Waals surface area contributed by atoms with Gasteiger partial charge in [0, 0.05) is 26.8 Å². The first kappa shape index (κ1) is 12.9. The van der Waals surface area contributed by atoms with Gasteiger partial charge in [-0.2, -0.15) is 0 Å². The monoisotopic (exact) mass is 189 g/mol. The molecular formula is C10H23NO2. The number of aliphatic hydroxyl groups is 1. The third-order valence-corrected chi connectivity index (χ3v) is 1.99. The highest BCUT2D eigenvalue weighted by Crippen LogP contribution is 2.07. The molecule has 0 fully saturated rings. The van der Waals surface area contributed by atoms with E-state index in [0.717, 1.165) is 32.5 Å². The zero-order valence-corrected chi connectivity index (χ0v) is 9.34. The Morgan fingerprint density at radius 2 is 1.92 bits per heavy atom.